The molecular formula is C26H28N4O3. The number of hydrogen-bond donors (Lipinski definition) is 1. The summed E-state index contributed by atoms with van der Waals surface area (Å²) in [5, 5.41) is 1.13. The van der Waals surface area contributed by atoms with Crippen LogP contribution in [0.5, 0.6) is 5.75 Å². The van der Waals surface area contributed by atoms with Crippen molar-refractivity contribution in [2.75, 3.05) is 33.3 Å². The van der Waals surface area contributed by atoms with Gasteiger partial charge in [0.1, 0.15) is 17.8 Å². The van der Waals surface area contributed by atoms with Crippen molar-refractivity contribution in [2.24, 2.45) is 0 Å². The van der Waals surface area contributed by atoms with E-state index in [2.05, 4.69) is 22.0 Å². The number of H-pyrrole nitrogens is 1. The van der Waals surface area contributed by atoms with E-state index in [1.807, 2.05) is 36.4 Å². The number of imide groups is 1. The first-order valence-corrected chi connectivity index (χ1v) is 11.7. The Morgan fingerprint density at radius 1 is 1.00 bits per heavy atom. The summed E-state index contributed by atoms with van der Waals surface area (Å²) in [6, 6.07) is 15.0. The molecule has 2 fully saturated rings. The summed E-state index contributed by atoms with van der Waals surface area (Å²) in [5.41, 5.74) is 4.14. The Morgan fingerprint density at radius 3 is 2.52 bits per heavy atom. The molecule has 1 N–H and O–H groups in total. The maximum atomic E-state index is 13.7. The van der Waals surface area contributed by atoms with Crippen LogP contribution in [0.1, 0.15) is 35.7 Å². The standard InChI is InChI=1S/C26H28N4O3/c1-33-18-10-8-17(9-11-18)24-23-20(19-6-2-3-7-21(19)27-23)16-22-25(31)29(26(32)30(22)24)15-14-28-12-4-5-13-28/h2-3,6-11,22,24,27H,4-5,12-16H2,1H3/t22-,24+/m1/s1. The van der Waals surface area contributed by atoms with E-state index in [1.165, 1.54) is 17.7 Å². The lowest BCUT2D eigenvalue weighted by atomic mass is 9.89. The molecule has 0 radical (unpaired) electrons. The number of carbonyl (C=O) groups excluding carboxylic acids is 2. The van der Waals surface area contributed by atoms with Gasteiger partial charge in [-0.15, -0.1) is 0 Å². The minimum atomic E-state index is -0.477. The summed E-state index contributed by atoms with van der Waals surface area (Å²) < 4.78 is 5.34. The van der Waals surface area contributed by atoms with E-state index in [9.17, 15) is 9.59 Å². The highest BCUT2D eigenvalue weighted by Gasteiger charge is 2.52. The molecule has 7 nitrogen and oxygen atoms in total. The molecule has 7 heteroatoms. The highest BCUT2D eigenvalue weighted by atomic mass is 16.5. The Balaban J connectivity index is 1.41. The van der Waals surface area contributed by atoms with E-state index in [4.69, 9.17) is 4.74 Å². The van der Waals surface area contributed by atoms with Crippen molar-refractivity contribution in [3.63, 3.8) is 0 Å². The van der Waals surface area contributed by atoms with Gasteiger partial charge in [-0.05, 0) is 55.3 Å². The summed E-state index contributed by atoms with van der Waals surface area (Å²) in [6.07, 6.45) is 2.92. The topological polar surface area (TPSA) is 68.9 Å². The van der Waals surface area contributed by atoms with Gasteiger partial charge in [0.25, 0.3) is 5.91 Å². The number of methoxy groups -OCH3 is 1. The fourth-order valence-corrected chi connectivity index (χ4v) is 5.72. The molecular weight excluding hydrogens is 416 g/mol. The van der Waals surface area contributed by atoms with Crippen molar-refractivity contribution in [1.29, 1.82) is 0 Å². The lowest BCUT2D eigenvalue weighted by Crippen LogP contribution is -2.44. The molecule has 2 saturated heterocycles. The van der Waals surface area contributed by atoms with Crippen LogP contribution >= 0.6 is 0 Å². The van der Waals surface area contributed by atoms with Crippen molar-refractivity contribution in [1.82, 2.24) is 19.7 Å². The smallest absolute Gasteiger partial charge is 0.328 e. The lowest BCUT2D eigenvalue weighted by molar-refractivity contribution is -0.128. The summed E-state index contributed by atoms with van der Waals surface area (Å²) >= 11 is 0. The zero-order valence-corrected chi connectivity index (χ0v) is 18.8. The van der Waals surface area contributed by atoms with E-state index in [-0.39, 0.29) is 18.0 Å². The fraction of sp³-hybridized carbons (Fsp3) is 0.385. The lowest BCUT2D eigenvalue weighted by Gasteiger charge is -2.36. The molecule has 3 amide bonds. The molecule has 170 valence electrons. The molecule has 3 aromatic rings. The molecule has 0 bridgehead atoms. The molecule has 3 aliphatic heterocycles. The molecule has 0 aliphatic carbocycles. The van der Waals surface area contributed by atoms with Crippen molar-refractivity contribution < 1.29 is 14.3 Å². The number of aromatic nitrogens is 1. The number of benzene rings is 2. The van der Waals surface area contributed by atoms with Gasteiger partial charge in [-0.2, -0.15) is 0 Å². The average molecular weight is 445 g/mol. The minimum Gasteiger partial charge on any atom is -0.497 e. The number of fused-ring (bicyclic) bond motifs is 4. The first-order chi connectivity index (χ1) is 16.2. The molecule has 0 saturated carbocycles. The summed E-state index contributed by atoms with van der Waals surface area (Å²) in [4.78, 5) is 36.4. The van der Waals surface area contributed by atoms with Gasteiger partial charge in [-0.3, -0.25) is 14.6 Å². The Morgan fingerprint density at radius 2 is 1.76 bits per heavy atom. The Labute approximate surface area is 192 Å². The third-order valence-corrected chi connectivity index (χ3v) is 7.40. The molecule has 2 atom stereocenters. The number of nitrogens with zero attached hydrogens (tertiary/aromatic N) is 3. The molecule has 0 unspecified atom stereocenters. The third-order valence-electron chi connectivity index (χ3n) is 7.40. The predicted molar refractivity (Wildman–Crippen MR) is 125 cm³/mol. The second kappa shape index (κ2) is 7.92. The number of likely N-dealkylation sites (tertiary alicyclic amines) is 1. The van der Waals surface area contributed by atoms with E-state index in [0.717, 1.165) is 53.1 Å². The number of para-hydroxylation sites is 1. The average Bonchev–Trinajstić information content (AvgIpc) is 3.55. The van der Waals surface area contributed by atoms with Gasteiger partial charge >= 0.3 is 6.03 Å². The number of hydrogen-bond acceptors (Lipinski definition) is 4. The SMILES string of the molecule is COc1ccc([C@H]2c3[nH]c4ccccc4c3C[C@@H]3C(=O)N(CCN4CCCC4)C(=O)N23)cc1. The largest absolute Gasteiger partial charge is 0.497 e. The van der Waals surface area contributed by atoms with Crippen molar-refractivity contribution in [3.05, 3.63) is 65.4 Å². The zero-order valence-electron chi connectivity index (χ0n) is 18.8. The second-order valence-electron chi connectivity index (χ2n) is 9.19. The molecule has 0 spiro atoms. The maximum Gasteiger partial charge on any atom is 0.328 e. The van der Waals surface area contributed by atoms with E-state index in [1.54, 1.807) is 12.0 Å². The van der Waals surface area contributed by atoms with Crippen LogP contribution in [0.15, 0.2) is 48.5 Å². The summed E-state index contributed by atoms with van der Waals surface area (Å²) in [6.45, 7) is 3.30. The second-order valence-corrected chi connectivity index (χ2v) is 9.19. The summed E-state index contributed by atoms with van der Waals surface area (Å²) in [5.74, 6) is 0.688. The van der Waals surface area contributed by atoms with Crippen LogP contribution in [0.3, 0.4) is 0 Å². The quantitative estimate of drug-likeness (QED) is 0.611. The van der Waals surface area contributed by atoms with E-state index < -0.39 is 6.04 Å². The van der Waals surface area contributed by atoms with Crippen LogP contribution in [-0.4, -0.2) is 71.0 Å². The summed E-state index contributed by atoms with van der Waals surface area (Å²) in [7, 11) is 1.64. The number of aromatic amines is 1. The van der Waals surface area contributed by atoms with Gasteiger partial charge in [0.2, 0.25) is 0 Å². The monoisotopic (exact) mass is 444 g/mol. The highest BCUT2D eigenvalue weighted by molar-refractivity contribution is 6.05. The number of amides is 3. The fourth-order valence-electron chi connectivity index (χ4n) is 5.72. The molecule has 4 heterocycles. The predicted octanol–water partition coefficient (Wildman–Crippen LogP) is 3.55. The van der Waals surface area contributed by atoms with Gasteiger partial charge in [0.15, 0.2) is 0 Å². The highest BCUT2D eigenvalue weighted by Crippen LogP contribution is 2.44. The van der Waals surface area contributed by atoms with Crippen LogP contribution < -0.4 is 4.74 Å². The Hall–Kier alpha value is -3.32. The number of nitrogens with one attached hydrogen (secondary N) is 1. The van der Waals surface area contributed by atoms with Crippen molar-refractivity contribution in [2.45, 2.75) is 31.3 Å². The Bertz CT molecular complexity index is 1210. The van der Waals surface area contributed by atoms with E-state index >= 15 is 0 Å². The number of ether oxygens (including phenoxy) is 1. The van der Waals surface area contributed by atoms with Gasteiger partial charge < -0.3 is 14.6 Å². The first-order valence-electron chi connectivity index (χ1n) is 11.7. The number of rotatable bonds is 5. The van der Waals surface area contributed by atoms with Gasteiger partial charge in [-0.1, -0.05) is 30.3 Å². The minimum absolute atomic E-state index is 0.0753. The normalized spacial score (nSPS) is 22.8. The van der Waals surface area contributed by atoms with Crippen LogP contribution in [-0.2, 0) is 11.2 Å². The third kappa shape index (κ3) is 3.22. The number of urea groups is 1. The van der Waals surface area contributed by atoms with Gasteiger partial charge in [-0.25, -0.2) is 4.79 Å². The zero-order chi connectivity index (χ0) is 22.5. The molecule has 6 rings (SSSR count). The van der Waals surface area contributed by atoms with Crippen LogP contribution in [0.2, 0.25) is 0 Å². The number of carbonyl (C=O) groups is 2. The molecule has 1 aromatic heterocycles. The molecule has 2 aromatic carbocycles. The molecule has 3 aliphatic rings. The van der Waals surface area contributed by atoms with E-state index in [0.29, 0.717) is 13.0 Å². The van der Waals surface area contributed by atoms with Gasteiger partial charge in [0, 0.05) is 36.1 Å². The first kappa shape index (κ1) is 20.3. The van der Waals surface area contributed by atoms with Crippen LogP contribution in [0, 0.1) is 0 Å². The maximum absolute atomic E-state index is 13.7. The van der Waals surface area contributed by atoms with Crippen LogP contribution in [0.25, 0.3) is 10.9 Å². The Kier molecular flexibility index (Phi) is 4.87. The van der Waals surface area contributed by atoms with Gasteiger partial charge in [0.05, 0.1) is 7.11 Å². The van der Waals surface area contributed by atoms with Crippen molar-refractivity contribution >= 4 is 22.8 Å². The molecule has 33 heavy (non-hydrogen) atoms. The van der Waals surface area contributed by atoms with Crippen LogP contribution in [0.4, 0.5) is 4.79 Å². The van der Waals surface area contributed by atoms with Crippen molar-refractivity contribution in [3.8, 4) is 5.75 Å².